The second kappa shape index (κ2) is 4.30. The van der Waals surface area contributed by atoms with E-state index in [0.29, 0.717) is 0 Å². The van der Waals surface area contributed by atoms with Gasteiger partial charge in [-0.05, 0) is 19.1 Å². The molecular weight excluding hydrogens is 209 g/mol. The molecule has 0 amide bonds. The first-order valence-electron chi connectivity index (χ1n) is 3.04. The fourth-order valence-electron chi connectivity index (χ4n) is 0.710. The zero-order valence-corrected chi connectivity index (χ0v) is 9.18. The van der Waals surface area contributed by atoms with Crippen LogP contribution in [0.1, 0.15) is 5.56 Å². The van der Waals surface area contributed by atoms with Crippen molar-refractivity contribution in [1.29, 1.82) is 0 Å². The summed E-state index contributed by atoms with van der Waals surface area (Å²) in [5.74, 6) is 0. The van der Waals surface area contributed by atoms with Gasteiger partial charge in [-0.3, -0.25) is 4.55 Å². The van der Waals surface area contributed by atoms with Gasteiger partial charge in [0.05, 0.1) is 4.90 Å². The Labute approximate surface area is 90.3 Å². The van der Waals surface area contributed by atoms with Crippen LogP contribution in [0.2, 0.25) is 0 Å². The second-order valence-corrected chi connectivity index (χ2v) is 3.71. The normalized spacial score (nSPS) is 10.5. The van der Waals surface area contributed by atoms with Crippen LogP contribution < -0.4 is 0 Å². The van der Waals surface area contributed by atoms with Gasteiger partial charge in [-0.1, -0.05) is 17.7 Å². The van der Waals surface area contributed by atoms with E-state index in [0.717, 1.165) is 5.56 Å². The molecule has 1 aromatic rings. The molecule has 12 heavy (non-hydrogen) atoms. The van der Waals surface area contributed by atoms with E-state index >= 15 is 0 Å². The Morgan fingerprint density at radius 3 is 1.92 bits per heavy atom. The van der Waals surface area contributed by atoms with E-state index in [1.54, 1.807) is 12.1 Å². The summed E-state index contributed by atoms with van der Waals surface area (Å²) in [5, 5.41) is 0. The second-order valence-electron chi connectivity index (χ2n) is 2.29. The SMILES string of the molecule is Cc1ccc(S(=O)(=O)O)cc1.[Sc]. The van der Waals surface area contributed by atoms with E-state index in [1.165, 1.54) is 12.1 Å². The Morgan fingerprint density at radius 1 is 1.17 bits per heavy atom. The van der Waals surface area contributed by atoms with E-state index in [-0.39, 0.29) is 30.7 Å². The minimum Gasteiger partial charge on any atom is -0.282 e. The van der Waals surface area contributed by atoms with Crippen LogP contribution in [0.4, 0.5) is 0 Å². The van der Waals surface area contributed by atoms with Crippen molar-refractivity contribution in [3.05, 3.63) is 29.8 Å². The third kappa shape index (κ3) is 3.16. The molecule has 1 radical (unpaired) electrons. The number of aryl methyl sites for hydroxylation is 1. The van der Waals surface area contributed by atoms with Gasteiger partial charge in [0.2, 0.25) is 0 Å². The van der Waals surface area contributed by atoms with Gasteiger partial charge in [-0.25, -0.2) is 0 Å². The Morgan fingerprint density at radius 2 is 1.58 bits per heavy atom. The molecule has 0 spiro atoms. The molecule has 0 atom stereocenters. The first-order valence-corrected chi connectivity index (χ1v) is 4.48. The molecule has 63 valence electrons. The molecule has 0 aliphatic carbocycles. The molecule has 0 saturated heterocycles. The maximum atomic E-state index is 10.5. The largest absolute Gasteiger partial charge is 0.294 e. The van der Waals surface area contributed by atoms with Crippen LogP contribution in [-0.2, 0) is 36.0 Å². The Bertz CT molecular complexity index is 341. The van der Waals surface area contributed by atoms with Gasteiger partial charge < -0.3 is 0 Å². The summed E-state index contributed by atoms with van der Waals surface area (Å²) in [6, 6.07) is 5.99. The average Bonchev–Trinajstić information content (AvgIpc) is 1.86. The Balaban J connectivity index is 0.00000121. The first-order chi connectivity index (χ1) is 5.00. The van der Waals surface area contributed by atoms with Gasteiger partial charge in [0.15, 0.2) is 0 Å². The summed E-state index contributed by atoms with van der Waals surface area (Å²) < 4.78 is 29.6. The molecule has 0 unspecified atom stereocenters. The Hall–Kier alpha value is 0.000130. The number of hydrogen-bond acceptors (Lipinski definition) is 2. The zero-order valence-electron chi connectivity index (χ0n) is 6.56. The maximum absolute atomic E-state index is 10.5. The van der Waals surface area contributed by atoms with Crippen molar-refractivity contribution in [2.24, 2.45) is 0 Å². The van der Waals surface area contributed by atoms with Crippen LogP contribution in [-0.4, -0.2) is 13.0 Å². The maximum Gasteiger partial charge on any atom is 0.294 e. The molecular formula is C7H8O3SSc. The average molecular weight is 217 g/mol. The molecule has 0 saturated carbocycles. The third-order valence-corrected chi connectivity index (χ3v) is 2.19. The Kier molecular flexibility index (Phi) is 4.30. The van der Waals surface area contributed by atoms with Crippen molar-refractivity contribution >= 4 is 10.1 Å². The van der Waals surface area contributed by atoms with E-state index in [1.807, 2.05) is 6.92 Å². The first kappa shape index (κ1) is 12.0. The van der Waals surface area contributed by atoms with Crippen molar-refractivity contribution in [2.75, 3.05) is 0 Å². The molecule has 0 bridgehead atoms. The van der Waals surface area contributed by atoms with E-state index in [9.17, 15) is 8.42 Å². The molecule has 1 aromatic carbocycles. The molecule has 1 rings (SSSR count). The van der Waals surface area contributed by atoms with Crippen molar-refractivity contribution in [3.8, 4) is 0 Å². The summed E-state index contributed by atoms with van der Waals surface area (Å²) in [4.78, 5) is -0.0666. The van der Waals surface area contributed by atoms with Gasteiger partial charge in [0.1, 0.15) is 0 Å². The van der Waals surface area contributed by atoms with E-state index < -0.39 is 10.1 Å². The van der Waals surface area contributed by atoms with Gasteiger partial charge in [-0.15, -0.1) is 0 Å². The van der Waals surface area contributed by atoms with Gasteiger partial charge in [0, 0.05) is 25.8 Å². The zero-order chi connectivity index (χ0) is 8.48. The third-order valence-electron chi connectivity index (χ3n) is 1.32. The molecule has 0 heterocycles. The van der Waals surface area contributed by atoms with E-state index in [2.05, 4.69) is 0 Å². The molecule has 0 aromatic heterocycles. The minimum absolute atomic E-state index is 0. The predicted octanol–water partition coefficient (Wildman–Crippen LogP) is 1.24. The van der Waals surface area contributed by atoms with Crippen molar-refractivity contribution in [2.45, 2.75) is 11.8 Å². The van der Waals surface area contributed by atoms with E-state index in [4.69, 9.17) is 4.55 Å². The van der Waals surface area contributed by atoms with Crippen molar-refractivity contribution < 1.29 is 38.8 Å². The van der Waals surface area contributed by atoms with Crippen LogP contribution >= 0.6 is 0 Å². The van der Waals surface area contributed by atoms with Crippen LogP contribution in [0, 0.1) is 6.92 Å². The van der Waals surface area contributed by atoms with Crippen LogP contribution in [0.25, 0.3) is 0 Å². The van der Waals surface area contributed by atoms with Crippen LogP contribution in [0.5, 0.6) is 0 Å². The van der Waals surface area contributed by atoms with Gasteiger partial charge >= 0.3 is 0 Å². The van der Waals surface area contributed by atoms with Crippen molar-refractivity contribution in [3.63, 3.8) is 0 Å². The van der Waals surface area contributed by atoms with Crippen LogP contribution in [0.3, 0.4) is 0 Å². The molecule has 1 N–H and O–H groups in total. The fraction of sp³-hybridized carbons (Fsp3) is 0.143. The van der Waals surface area contributed by atoms with Gasteiger partial charge in [0.25, 0.3) is 10.1 Å². The number of benzene rings is 1. The number of rotatable bonds is 1. The van der Waals surface area contributed by atoms with Crippen LogP contribution in [0.15, 0.2) is 29.2 Å². The summed E-state index contributed by atoms with van der Waals surface area (Å²) >= 11 is 0. The summed E-state index contributed by atoms with van der Waals surface area (Å²) in [7, 11) is -4.02. The van der Waals surface area contributed by atoms with Crippen molar-refractivity contribution in [1.82, 2.24) is 0 Å². The molecule has 0 aliphatic heterocycles. The smallest absolute Gasteiger partial charge is 0.282 e. The number of hydrogen-bond donors (Lipinski definition) is 1. The molecule has 5 heteroatoms. The summed E-state index contributed by atoms with van der Waals surface area (Å²) in [6.45, 7) is 1.84. The predicted molar refractivity (Wildman–Crippen MR) is 41.0 cm³/mol. The molecule has 3 nitrogen and oxygen atoms in total. The molecule has 0 fully saturated rings. The quantitative estimate of drug-likeness (QED) is 0.720. The molecule has 0 aliphatic rings. The summed E-state index contributed by atoms with van der Waals surface area (Å²) in [6.07, 6.45) is 0. The standard InChI is InChI=1S/C7H8O3S.Sc/c1-6-2-4-7(5-3-6)11(8,9)10;/h2-5H,1H3,(H,8,9,10);. The monoisotopic (exact) mass is 217 g/mol. The fourth-order valence-corrected chi connectivity index (χ4v) is 1.19. The minimum atomic E-state index is -4.02. The summed E-state index contributed by atoms with van der Waals surface area (Å²) in [5.41, 5.74) is 0.956. The topological polar surface area (TPSA) is 54.4 Å². The van der Waals surface area contributed by atoms with Gasteiger partial charge in [-0.2, -0.15) is 8.42 Å².